The fourth-order valence-electron chi connectivity index (χ4n) is 4.67. The molecule has 1 saturated heterocycles. The molecule has 3 atom stereocenters. The zero-order valence-electron chi connectivity index (χ0n) is 13.3. The third kappa shape index (κ3) is 3.11. The first-order valence-corrected chi connectivity index (χ1v) is 8.89. The van der Waals surface area contributed by atoms with Crippen molar-refractivity contribution in [3.05, 3.63) is 0 Å². The predicted molar refractivity (Wildman–Crippen MR) is 83.1 cm³/mol. The number of carbonyl (C=O) groups excluding carboxylic acids is 1. The van der Waals surface area contributed by atoms with Gasteiger partial charge in [0.1, 0.15) is 0 Å². The van der Waals surface area contributed by atoms with E-state index in [-0.39, 0.29) is 11.3 Å². The van der Waals surface area contributed by atoms with Crippen molar-refractivity contribution >= 4 is 5.91 Å². The molecule has 3 rings (SSSR count). The molecule has 1 spiro atoms. The highest BCUT2D eigenvalue weighted by molar-refractivity contribution is 5.77. The first-order valence-electron chi connectivity index (χ1n) is 8.89. The van der Waals surface area contributed by atoms with Crippen LogP contribution in [0.1, 0.15) is 64.7 Å². The Hall–Kier alpha value is -0.610. The van der Waals surface area contributed by atoms with Gasteiger partial charge in [-0.05, 0) is 45.6 Å². The Kier molecular flexibility index (Phi) is 4.85. The standard InChI is InChI=1S/C17H30N2O2/c1-2-21-15-12-14(17(15)8-4-3-5-9-17)19-16(20)11-13-7-6-10-18-13/h13-15,18H,2-12H2,1H3,(H,19,20). The van der Waals surface area contributed by atoms with E-state index in [4.69, 9.17) is 4.74 Å². The molecule has 3 aliphatic rings. The maximum absolute atomic E-state index is 12.3. The molecular formula is C17H30N2O2. The third-order valence-electron chi connectivity index (χ3n) is 5.87. The lowest BCUT2D eigenvalue weighted by Crippen LogP contribution is -2.65. The Labute approximate surface area is 128 Å². The number of ether oxygens (including phenoxy) is 1. The normalized spacial score (nSPS) is 34.6. The van der Waals surface area contributed by atoms with Crippen LogP contribution >= 0.6 is 0 Å². The molecule has 21 heavy (non-hydrogen) atoms. The molecule has 2 aliphatic carbocycles. The number of rotatable bonds is 5. The van der Waals surface area contributed by atoms with E-state index in [0.29, 0.717) is 24.6 Å². The van der Waals surface area contributed by atoms with Crippen LogP contribution < -0.4 is 10.6 Å². The van der Waals surface area contributed by atoms with Crippen LogP contribution in [-0.2, 0) is 9.53 Å². The van der Waals surface area contributed by atoms with Gasteiger partial charge >= 0.3 is 0 Å². The molecule has 4 heteroatoms. The van der Waals surface area contributed by atoms with Gasteiger partial charge in [0.25, 0.3) is 0 Å². The number of amides is 1. The number of hydrogen-bond acceptors (Lipinski definition) is 3. The van der Waals surface area contributed by atoms with Crippen LogP contribution in [0.5, 0.6) is 0 Å². The second-order valence-corrected chi connectivity index (χ2v) is 7.09. The molecule has 0 aromatic heterocycles. The van der Waals surface area contributed by atoms with Crippen molar-refractivity contribution in [2.24, 2.45) is 5.41 Å². The summed E-state index contributed by atoms with van der Waals surface area (Å²) < 4.78 is 5.95. The lowest BCUT2D eigenvalue weighted by Gasteiger charge is -2.57. The molecule has 0 radical (unpaired) electrons. The monoisotopic (exact) mass is 294 g/mol. The van der Waals surface area contributed by atoms with E-state index in [0.717, 1.165) is 26.0 Å². The summed E-state index contributed by atoms with van der Waals surface area (Å²) in [5, 5.41) is 6.74. The molecule has 1 heterocycles. The third-order valence-corrected chi connectivity index (χ3v) is 5.87. The summed E-state index contributed by atoms with van der Waals surface area (Å²) in [6, 6.07) is 0.748. The Morgan fingerprint density at radius 3 is 2.76 bits per heavy atom. The van der Waals surface area contributed by atoms with Crippen molar-refractivity contribution in [1.29, 1.82) is 0 Å². The van der Waals surface area contributed by atoms with Crippen LogP contribution in [0.2, 0.25) is 0 Å². The van der Waals surface area contributed by atoms with E-state index in [1.165, 1.54) is 38.5 Å². The molecule has 3 unspecified atom stereocenters. The van der Waals surface area contributed by atoms with Gasteiger partial charge in [0, 0.05) is 30.5 Å². The van der Waals surface area contributed by atoms with Gasteiger partial charge in [-0.3, -0.25) is 4.79 Å². The highest BCUT2D eigenvalue weighted by atomic mass is 16.5. The molecule has 2 N–H and O–H groups in total. The quantitative estimate of drug-likeness (QED) is 0.818. The molecular weight excluding hydrogens is 264 g/mol. The number of hydrogen-bond donors (Lipinski definition) is 2. The lowest BCUT2D eigenvalue weighted by molar-refractivity contribution is -0.157. The van der Waals surface area contributed by atoms with Crippen molar-refractivity contribution in [2.75, 3.05) is 13.2 Å². The Bertz CT molecular complexity index is 360. The minimum atomic E-state index is 0.235. The van der Waals surface area contributed by atoms with Gasteiger partial charge in [0.15, 0.2) is 0 Å². The minimum Gasteiger partial charge on any atom is -0.378 e. The van der Waals surface area contributed by atoms with Crippen LogP contribution in [0.25, 0.3) is 0 Å². The summed E-state index contributed by atoms with van der Waals surface area (Å²) in [7, 11) is 0. The van der Waals surface area contributed by atoms with E-state index in [2.05, 4.69) is 17.6 Å². The molecule has 120 valence electrons. The fraction of sp³-hybridized carbons (Fsp3) is 0.941. The summed E-state index contributed by atoms with van der Waals surface area (Å²) in [4.78, 5) is 12.3. The first kappa shape index (κ1) is 15.3. The summed E-state index contributed by atoms with van der Waals surface area (Å²) in [5.41, 5.74) is 0.243. The molecule has 2 saturated carbocycles. The lowest BCUT2D eigenvalue weighted by atomic mass is 9.55. The van der Waals surface area contributed by atoms with Gasteiger partial charge < -0.3 is 15.4 Å². The van der Waals surface area contributed by atoms with Gasteiger partial charge in [0.05, 0.1) is 6.10 Å². The summed E-state index contributed by atoms with van der Waals surface area (Å²) in [5.74, 6) is 0.235. The molecule has 1 amide bonds. The van der Waals surface area contributed by atoms with Crippen LogP contribution in [0.4, 0.5) is 0 Å². The van der Waals surface area contributed by atoms with Crippen molar-refractivity contribution in [2.45, 2.75) is 82.9 Å². The van der Waals surface area contributed by atoms with Crippen molar-refractivity contribution in [1.82, 2.24) is 10.6 Å². The predicted octanol–water partition coefficient (Wildman–Crippen LogP) is 2.37. The van der Waals surface area contributed by atoms with Crippen molar-refractivity contribution in [3.8, 4) is 0 Å². The average Bonchev–Trinajstić information content (AvgIpc) is 3.00. The van der Waals surface area contributed by atoms with Gasteiger partial charge in [-0.2, -0.15) is 0 Å². The fourth-order valence-corrected chi connectivity index (χ4v) is 4.67. The summed E-state index contributed by atoms with van der Waals surface area (Å²) >= 11 is 0. The first-order chi connectivity index (χ1) is 10.2. The van der Waals surface area contributed by atoms with Crippen LogP contribution in [0, 0.1) is 5.41 Å². The van der Waals surface area contributed by atoms with Crippen LogP contribution in [-0.4, -0.2) is 37.2 Å². The smallest absolute Gasteiger partial charge is 0.221 e. The van der Waals surface area contributed by atoms with Gasteiger partial charge in [-0.15, -0.1) is 0 Å². The van der Waals surface area contributed by atoms with Gasteiger partial charge in [-0.25, -0.2) is 0 Å². The van der Waals surface area contributed by atoms with Crippen molar-refractivity contribution in [3.63, 3.8) is 0 Å². The SMILES string of the molecule is CCOC1CC(NC(=O)CC2CCCN2)C12CCCCC2. The molecule has 3 fully saturated rings. The minimum absolute atomic E-state index is 0.235. The largest absolute Gasteiger partial charge is 0.378 e. The Morgan fingerprint density at radius 1 is 1.29 bits per heavy atom. The van der Waals surface area contributed by atoms with Crippen LogP contribution in [0.3, 0.4) is 0 Å². The molecule has 0 aromatic carbocycles. The average molecular weight is 294 g/mol. The molecule has 0 aromatic rings. The topological polar surface area (TPSA) is 50.4 Å². The number of nitrogens with one attached hydrogen (secondary N) is 2. The maximum Gasteiger partial charge on any atom is 0.221 e. The zero-order chi connectivity index (χ0) is 14.7. The van der Waals surface area contributed by atoms with E-state index in [1.54, 1.807) is 0 Å². The Balaban J connectivity index is 1.55. The van der Waals surface area contributed by atoms with Crippen molar-refractivity contribution < 1.29 is 9.53 Å². The van der Waals surface area contributed by atoms with Gasteiger partial charge in [-0.1, -0.05) is 19.3 Å². The molecule has 4 nitrogen and oxygen atoms in total. The highest BCUT2D eigenvalue weighted by Gasteiger charge is 2.56. The molecule has 0 bridgehead atoms. The van der Waals surface area contributed by atoms with E-state index in [1.807, 2.05) is 0 Å². The Morgan fingerprint density at radius 2 is 2.10 bits per heavy atom. The van der Waals surface area contributed by atoms with Crippen LogP contribution in [0.15, 0.2) is 0 Å². The summed E-state index contributed by atoms with van der Waals surface area (Å²) in [6.07, 6.45) is 10.8. The van der Waals surface area contributed by atoms with E-state index >= 15 is 0 Å². The van der Waals surface area contributed by atoms with Gasteiger partial charge in [0.2, 0.25) is 5.91 Å². The number of carbonyl (C=O) groups is 1. The zero-order valence-corrected chi connectivity index (χ0v) is 13.3. The van der Waals surface area contributed by atoms with E-state index in [9.17, 15) is 4.79 Å². The van der Waals surface area contributed by atoms with E-state index < -0.39 is 0 Å². The summed E-state index contributed by atoms with van der Waals surface area (Å²) in [6.45, 7) is 3.94. The maximum atomic E-state index is 12.3. The second kappa shape index (κ2) is 6.66. The molecule has 1 aliphatic heterocycles. The second-order valence-electron chi connectivity index (χ2n) is 7.09. The highest BCUT2D eigenvalue weighted by Crippen LogP contribution is 2.53.